The smallest absolute Gasteiger partial charge is 0.210 e. The lowest BCUT2D eigenvalue weighted by Gasteiger charge is -1.98. The zero-order valence-electron chi connectivity index (χ0n) is 13.0. The fraction of sp³-hybridized carbons (Fsp3) is 0. The molecule has 0 aliphatic rings. The minimum absolute atomic E-state index is 0.548. The van der Waals surface area contributed by atoms with Gasteiger partial charge in [-0.3, -0.25) is 4.79 Å². The number of benzene rings is 2. The van der Waals surface area contributed by atoms with E-state index in [2.05, 4.69) is 26.0 Å². The Balaban J connectivity index is 1.72. The van der Waals surface area contributed by atoms with Crippen LogP contribution in [0.3, 0.4) is 0 Å². The highest BCUT2D eigenvalue weighted by Crippen LogP contribution is 2.27. The van der Waals surface area contributed by atoms with E-state index in [1.807, 2.05) is 60.0 Å². The molecule has 6 heteroatoms. The molecule has 0 fully saturated rings. The van der Waals surface area contributed by atoms with Gasteiger partial charge in [0.25, 0.3) is 0 Å². The van der Waals surface area contributed by atoms with Crippen molar-refractivity contribution in [1.29, 1.82) is 0 Å². The van der Waals surface area contributed by atoms with Gasteiger partial charge in [-0.05, 0) is 12.1 Å². The van der Waals surface area contributed by atoms with Crippen molar-refractivity contribution in [2.24, 2.45) is 0 Å². The first-order valence-corrected chi connectivity index (χ1v) is 9.24. The van der Waals surface area contributed by atoms with Gasteiger partial charge in [-0.1, -0.05) is 58.4 Å². The second-order valence-electron chi connectivity index (χ2n) is 5.38. The Labute approximate surface area is 156 Å². The van der Waals surface area contributed by atoms with Gasteiger partial charge in [0.2, 0.25) is 5.13 Å². The molecule has 0 radical (unpaired) electrons. The summed E-state index contributed by atoms with van der Waals surface area (Å²) in [7, 11) is 0. The van der Waals surface area contributed by atoms with Crippen LogP contribution in [-0.2, 0) is 0 Å². The number of aromatic nitrogens is 3. The third-order valence-corrected chi connectivity index (χ3v) is 5.10. The van der Waals surface area contributed by atoms with Crippen molar-refractivity contribution in [3.8, 4) is 27.6 Å². The minimum atomic E-state index is 0.548. The molecule has 0 aliphatic carbocycles. The van der Waals surface area contributed by atoms with Gasteiger partial charge in [-0.25, -0.2) is 9.67 Å². The molecule has 4 nitrogen and oxygen atoms in total. The second kappa shape index (κ2) is 6.74. The molecule has 0 amide bonds. The minimum Gasteiger partial charge on any atom is -0.298 e. The van der Waals surface area contributed by atoms with Crippen LogP contribution in [0.5, 0.6) is 0 Å². The summed E-state index contributed by atoms with van der Waals surface area (Å²) in [5, 5.41) is 7.28. The van der Waals surface area contributed by atoms with E-state index in [-0.39, 0.29) is 0 Å². The summed E-state index contributed by atoms with van der Waals surface area (Å²) < 4.78 is 2.70. The molecule has 4 aromatic rings. The normalized spacial score (nSPS) is 10.8. The third-order valence-electron chi connectivity index (χ3n) is 3.74. The van der Waals surface area contributed by atoms with Gasteiger partial charge in [-0.2, -0.15) is 5.10 Å². The van der Waals surface area contributed by atoms with Gasteiger partial charge in [-0.15, -0.1) is 11.3 Å². The first kappa shape index (κ1) is 15.9. The largest absolute Gasteiger partial charge is 0.298 e. The number of thiazole rings is 1. The topological polar surface area (TPSA) is 47.8 Å². The average molecular weight is 410 g/mol. The zero-order chi connectivity index (χ0) is 17.2. The maximum atomic E-state index is 11.4. The molecule has 0 saturated heterocycles. The fourth-order valence-corrected chi connectivity index (χ4v) is 3.54. The zero-order valence-corrected chi connectivity index (χ0v) is 15.4. The summed E-state index contributed by atoms with van der Waals surface area (Å²) in [6.07, 6.45) is 2.55. The number of nitrogens with zero attached hydrogens (tertiary/aromatic N) is 3. The van der Waals surface area contributed by atoms with Gasteiger partial charge in [0.1, 0.15) is 5.69 Å². The Morgan fingerprint density at radius 2 is 1.76 bits per heavy atom. The molecule has 2 aromatic heterocycles. The van der Waals surface area contributed by atoms with E-state index in [1.165, 1.54) is 11.3 Å². The molecule has 2 aromatic carbocycles. The van der Waals surface area contributed by atoms with Crippen molar-refractivity contribution in [3.63, 3.8) is 0 Å². The summed E-state index contributed by atoms with van der Waals surface area (Å²) in [4.78, 5) is 16.1. The molecule has 4 rings (SSSR count). The number of hydrogen-bond acceptors (Lipinski definition) is 4. The van der Waals surface area contributed by atoms with Crippen LogP contribution >= 0.6 is 27.3 Å². The molecule has 0 aliphatic heterocycles. The second-order valence-corrected chi connectivity index (χ2v) is 7.14. The number of carbonyl (C=O) groups is 1. The number of halogens is 1. The summed E-state index contributed by atoms with van der Waals surface area (Å²) in [5.41, 5.74) is 4.05. The Bertz CT molecular complexity index is 1020. The molecule has 122 valence electrons. The molecule has 0 N–H and O–H groups in total. The highest BCUT2D eigenvalue weighted by molar-refractivity contribution is 9.10. The van der Waals surface area contributed by atoms with Crippen molar-refractivity contribution in [1.82, 2.24) is 14.8 Å². The van der Waals surface area contributed by atoms with E-state index in [0.717, 1.165) is 32.7 Å². The lowest BCUT2D eigenvalue weighted by molar-refractivity contribution is 0.112. The highest BCUT2D eigenvalue weighted by atomic mass is 79.9. The summed E-state index contributed by atoms with van der Waals surface area (Å²) in [6.45, 7) is 0. The van der Waals surface area contributed by atoms with Crippen molar-refractivity contribution in [3.05, 3.63) is 76.2 Å². The first-order valence-electron chi connectivity index (χ1n) is 7.57. The summed E-state index contributed by atoms with van der Waals surface area (Å²) in [6, 6.07) is 17.7. The average Bonchev–Trinajstić information content (AvgIpc) is 3.30. The maximum absolute atomic E-state index is 11.4. The van der Waals surface area contributed by atoms with Crippen LogP contribution in [0.2, 0.25) is 0 Å². The standard InChI is InChI=1S/C19H12BrN3OS/c20-16-8-6-13(7-9-16)17-12-25-19(21-17)23-10-15(11-24)18(22-23)14-4-2-1-3-5-14/h1-12H. The molecular weight excluding hydrogens is 398 g/mol. The molecular formula is C19H12BrN3OS. The fourth-order valence-electron chi connectivity index (χ4n) is 2.51. The first-order chi connectivity index (χ1) is 12.2. The Hall–Kier alpha value is -2.57. The molecule has 0 bridgehead atoms. The van der Waals surface area contributed by atoms with Crippen LogP contribution in [0.25, 0.3) is 27.6 Å². The third kappa shape index (κ3) is 3.18. The predicted molar refractivity (Wildman–Crippen MR) is 103 cm³/mol. The lowest BCUT2D eigenvalue weighted by Crippen LogP contribution is -1.94. The van der Waals surface area contributed by atoms with Gasteiger partial charge in [0, 0.05) is 27.2 Å². The number of rotatable bonds is 4. The van der Waals surface area contributed by atoms with Crippen LogP contribution < -0.4 is 0 Å². The predicted octanol–water partition coefficient (Wildman–Crippen LogP) is 5.24. The van der Waals surface area contributed by atoms with E-state index in [4.69, 9.17) is 0 Å². The number of hydrogen-bond donors (Lipinski definition) is 0. The van der Waals surface area contributed by atoms with Crippen molar-refractivity contribution < 1.29 is 4.79 Å². The van der Waals surface area contributed by atoms with Crippen molar-refractivity contribution in [2.45, 2.75) is 0 Å². The van der Waals surface area contributed by atoms with E-state index in [9.17, 15) is 4.79 Å². The van der Waals surface area contributed by atoms with Crippen LogP contribution in [0.4, 0.5) is 0 Å². The molecule has 25 heavy (non-hydrogen) atoms. The Kier molecular flexibility index (Phi) is 4.29. The molecule has 0 spiro atoms. The lowest BCUT2D eigenvalue weighted by atomic mass is 10.1. The van der Waals surface area contributed by atoms with Gasteiger partial charge in [0.05, 0.1) is 11.3 Å². The molecule has 0 atom stereocenters. The Morgan fingerprint density at radius 1 is 1.00 bits per heavy atom. The van der Waals surface area contributed by atoms with Crippen LogP contribution in [-0.4, -0.2) is 21.1 Å². The maximum Gasteiger partial charge on any atom is 0.210 e. The van der Waals surface area contributed by atoms with Crippen LogP contribution in [0, 0.1) is 0 Å². The number of aldehydes is 1. The number of carbonyl (C=O) groups excluding carboxylic acids is 1. The summed E-state index contributed by atoms with van der Waals surface area (Å²) in [5.74, 6) is 0. The SMILES string of the molecule is O=Cc1cn(-c2nc(-c3ccc(Br)cc3)cs2)nc1-c1ccccc1. The van der Waals surface area contributed by atoms with Crippen molar-refractivity contribution >= 4 is 33.6 Å². The molecule has 0 unspecified atom stereocenters. The Morgan fingerprint density at radius 3 is 2.48 bits per heavy atom. The molecule has 2 heterocycles. The van der Waals surface area contributed by atoms with E-state index >= 15 is 0 Å². The van der Waals surface area contributed by atoms with Crippen molar-refractivity contribution in [2.75, 3.05) is 0 Å². The summed E-state index contributed by atoms with van der Waals surface area (Å²) >= 11 is 4.93. The molecule has 0 saturated carbocycles. The van der Waals surface area contributed by atoms with Gasteiger partial charge >= 0.3 is 0 Å². The van der Waals surface area contributed by atoms with E-state index in [1.54, 1.807) is 10.9 Å². The highest BCUT2D eigenvalue weighted by Gasteiger charge is 2.14. The van der Waals surface area contributed by atoms with E-state index < -0.39 is 0 Å². The van der Waals surface area contributed by atoms with Crippen LogP contribution in [0.1, 0.15) is 10.4 Å². The van der Waals surface area contributed by atoms with Crippen LogP contribution in [0.15, 0.2) is 70.6 Å². The monoisotopic (exact) mass is 409 g/mol. The quantitative estimate of drug-likeness (QED) is 0.433. The van der Waals surface area contributed by atoms with E-state index in [0.29, 0.717) is 11.3 Å². The van der Waals surface area contributed by atoms with Gasteiger partial charge < -0.3 is 0 Å². The van der Waals surface area contributed by atoms with Gasteiger partial charge in [0.15, 0.2) is 6.29 Å².